The topological polar surface area (TPSA) is 52.6 Å². The quantitative estimate of drug-likeness (QED) is 0.472. The smallest absolute Gasteiger partial charge is 0.312 e. The van der Waals surface area contributed by atoms with Gasteiger partial charge in [0.15, 0.2) is 0 Å². The first-order chi connectivity index (χ1) is 13.4. The second-order valence-electron chi connectivity index (χ2n) is 12.0. The van der Waals surface area contributed by atoms with Crippen molar-refractivity contribution in [2.45, 2.75) is 123 Å². The Balaban J connectivity index is 1.75. The van der Waals surface area contributed by atoms with Gasteiger partial charge < -0.3 is 9.47 Å². The lowest BCUT2D eigenvalue weighted by Gasteiger charge is -2.41. The third-order valence-corrected chi connectivity index (χ3v) is 7.87. The van der Waals surface area contributed by atoms with Gasteiger partial charge in [0.25, 0.3) is 0 Å². The molecule has 0 spiro atoms. The van der Waals surface area contributed by atoms with Gasteiger partial charge >= 0.3 is 11.9 Å². The predicted octanol–water partition coefficient (Wildman–Crippen LogP) is 6.21. The molecule has 0 aliphatic heterocycles. The molecule has 0 aromatic carbocycles. The van der Waals surface area contributed by atoms with Crippen molar-refractivity contribution in [1.82, 2.24) is 0 Å². The average molecular weight is 407 g/mol. The molecule has 3 rings (SSSR count). The minimum absolute atomic E-state index is 0.0433. The second-order valence-corrected chi connectivity index (χ2v) is 12.0. The van der Waals surface area contributed by atoms with Crippen LogP contribution in [0.3, 0.4) is 0 Å². The van der Waals surface area contributed by atoms with E-state index in [4.69, 9.17) is 9.47 Å². The molecule has 2 bridgehead atoms. The summed E-state index contributed by atoms with van der Waals surface area (Å²) in [6.07, 6.45) is 10.0. The highest BCUT2D eigenvalue weighted by Crippen LogP contribution is 2.55. The maximum absolute atomic E-state index is 13.4. The Kier molecular flexibility index (Phi) is 6.15. The van der Waals surface area contributed by atoms with Crippen LogP contribution >= 0.6 is 0 Å². The van der Waals surface area contributed by atoms with E-state index in [0.717, 1.165) is 57.8 Å². The van der Waals surface area contributed by atoms with Crippen LogP contribution in [-0.4, -0.2) is 23.1 Å². The zero-order chi connectivity index (χ0) is 21.5. The summed E-state index contributed by atoms with van der Waals surface area (Å²) in [5.41, 5.74) is -1.46. The summed E-state index contributed by atoms with van der Waals surface area (Å²) in [6.45, 7) is 12.6. The number of hydrogen-bond acceptors (Lipinski definition) is 4. The largest absolute Gasteiger partial charge is 0.459 e. The van der Waals surface area contributed by atoms with Crippen LogP contribution in [0.1, 0.15) is 112 Å². The first-order valence-electron chi connectivity index (χ1n) is 11.8. The molecule has 0 saturated heterocycles. The Hall–Kier alpha value is -1.06. The molecule has 0 aromatic heterocycles. The summed E-state index contributed by atoms with van der Waals surface area (Å²) in [4.78, 5) is 26.4. The number of rotatable bonds is 7. The van der Waals surface area contributed by atoms with Gasteiger partial charge in [-0.3, -0.25) is 9.59 Å². The van der Waals surface area contributed by atoms with Gasteiger partial charge in [0.2, 0.25) is 0 Å². The summed E-state index contributed by atoms with van der Waals surface area (Å²) < 4.78 is 12.3. The van der Waals surface area contributed by atoms with Gasteiger partial charge in [0.1, 0.15) is 11.2 Å². The first-order valence-corrected chi connectivity index (χ1v) is 11.8. The summed E-state index contributed by atoms with van der Waals surface area (Å²) in [6, 6.07) is 0. The van der Waals surface area contributed by atoms with Crippen molar-refractivity contribution in [1.29, 1.82) is 0 Å². The molecular formula is C25H42O4. The summed E-state index contributed by atoms with van der Waals surface area (Å²) in [5.74, 6) is 0.584. The van der Waals surface area contributed by atoms with Crippen LogP contribution in [0.4, 0.5) is 0 Å². The fraction of sp³-hybridized carbons (Fsp3) is 0.920. The number of carbonyl (C=O) groups is 2. The lowest BCUT2D eigenvalue weighted by molar-refractivity contribution is -0.187. The summed E-state index contributed by atoms with van der Waals surface area (Å²) >= 11 is 0. The molecule has 0 N–H and O–H groups in total. The molecule has 3 saturated carbocycles. The Bertz CT molecular complexity index is 627. The number of hydrogen-bond donors (Lipinski definition) is 0. The standard InChI is InChI=1S/C25H42O4/c1-7-23(5,17-22(2,3)4)21(27)29-25(15-18-10-11-19(25)14-18)16-20(26)28-24(6)12-8-9-13-24/h18-19H,7-17H2,1-6H3. The Morgan fingerprint density at radius 3 is 2.17 bits per heavy atom. The SMILES string of the molecule is CCC(C)(CC(C)(C)C)C(=O)OC1(CC(=O)OC2(C)CCCC2)CC2CCC1C2. The normalized spacial score (nSPS) is 32.8. The van der Waals surface area contributed by atoms with Crippen LogP contribution in [-0.2, 0) is 19.1 Å². The molecule has 4 nitrogen and oxygen atoms in total. The molecule has 4 atom stereocenters. The van der Waals surface area contributed by atoms with Crippen molar-refractivity contribution in [2.75, 3.05) is 0 Å². The minimum Gasteiger partial charge on any atom is -0.459 e. The van der Waals surface area contributed by atoms with E-state index >= 15 is 0 Å². The van der Waals surface area contributed by atoms with E-state index in [2.05, 4.69) is 34.6 Å². The van der Waals surface area contributed by atoms with Crippen LogP contribution < -0.4 is 0 Å². The monoisotopic (exact) mass is 406 g/mol. The molecular weight excluding hydrogens is 364 g/mol. The van der Waals surface area contributed by atoms with Crippen LogP contribution in [0.15, 0.2) is 0 Å². The Morgan fingerprint density at radius 2 is 1.69 bits per heavy atom. The van der Waals surface area contributed by atoms with Crippen molar-refractivity contribution in [2.24, 2.45) is 22.7 Å². The van der Waals surface area contributed by atoms with Crippen LogP contribution in [0, 0.1) is 22.7 Å². The van der Waals surface area contributed by atoms with Crippen LogP contribution in [0.25, 0.3) is 0 Å². The highest BCUT2D eigenvalue weighted by atomic mass is 16.6. The van der Waals surface area contributed by atoms with Gasteiger partial charge in [-0.25, -0.2) is 0 Å². The zero-order valence-electron chi connectivity index (χ0n) is 19.6. The summed E-state index contributed by atoms with van der Waals surface area (Å²) in [5, 5.41) is 0. The van der Waals surface area contributed by atoms with Gasteiger partial charge in [-0.1, -0.05) is 27.7 Å². The fourth-order valence-corrected chi connectivity index (χ4v) is 6.37. The summed E-state index contributed by atoms with van der Waals surface area (Å²) in [7, 11) is 0. The first kappa shape index (κ1) is 22.6. The van der Waals surface area contributed by atoms with Crippen molar-refractivity contribution >= 4 is 11.9 Å². The average Bonchev–Trinajstić information content (AvgIpc) is 3.29. The number of ether oxygens (including phenoxy) is 2. The van der Waals surface area contributed by atoms with Crippen molar-refractivity contribution in [3.05, 3.63) is 0 Å². The van der Waals surface area contributed by atoms with Gasteiger partial charge in [0, 0.05) is 0 Å². The highest BCUT2D eigenvalue weighted by Gasteiger charge is 2.56. The molecule has 3 aliphatic rings. The van der Waals surface area contributed by atoms with Crippen molar-refractivity contribution < 1.29 is 19.1 Å². The molecule has 166 valence electrons. The lowest BCUT2D eigenvalue weighted by Crippen LogP contribution is -2.47. The Morgan fingerprint density at radius 1 is 1.03 bits per heavy atom. The lowest BCUT2D eigenvalue weighted by atomic mass is 9.73. The van der Waals surface area contributed by atoms with E-state index in [1.54, 1.807) is 0 Å². The fourth-order valence-electron chi connectivity index (χ4n) is 6.37. The van der Waals surface area contributed by atoms with Crippen LogP contribution in [0.5, 0.6) is 0 Å². The van der Waals surface area contributed by atoms with Gasteiger partial charge in [-0.15, -0.1) is 0 Å². The van der Waals surface area contributed by atoms with Gasteiger partial charge in [-0.05, 0) is 95.3 Å². The molecule has 0 aromatic rings. The third-order valence-electron chi connectivity index (χ3n) is 7.87. The van der Waals surface area contributed by atoms with Crippen LogP contribution in [0.2, 0.25) is 0 Å². The van der Waals surface area contributed by atoms with Gasteiger partial charge in [0.05, 0.1) is 11.8 Å². The molecule has 0 radical (unpaired) electrons. The predicted molar refractivity (Wildman–Crippen MR) is 114 cm³/mol. The highest BCUT2D eigenvalue weighted by molar-refractivity contribution is 5.78. The number of carbonyl (C=O) groups excluding carboxylic acids is 2. The molecule has 0 heterocycles. The second kappa shape index (κ2) is 7.89. The number of esters is 2. The van der Waals surface area contributed by atoms with E-state index in [9.17, 15) is 9.59 Å². The zero-order valence-corrected chi connectivity index (χ0v) is 19.6. The molecule has 4 unspecified atom stereocenters. The minimum atomic E-state index is -0.652. The van der Waals surface area contributed by atoms with E-state index in [1.165, 1.54) is 6.42 Å². The van der Waals surface area contributed by atoms with E-state index in [1.807, 2.05) is 6.92 Å². The van der Waals surface area contributed by atoms with Crippen molar-refractivity contribution in [3.63, 3.8) is 0 Å². The maximum atomic E-state index is 13.4. The molecule has 29 heavy (non-hydrogen) atoms. The maximum Gasteiger partial charge on any atom is 0.312 e. The Labute approximate surface area is 177 Å². The third kappa shape index (κ3) is 4.99. The molecule has 4 heteroatoms. The van der Waals surface area contributed by atoms with Gasteiger partial charge in [-0.2, -0.15) is 0 Å². The number of fused-ring (bicyclic) bond motifs is 2. The van der Waals surface area contributed by atoms with E-state index < -0.39 is 11.0 Å². The molecule has 3 aliphatic carbocycles. The van der Waals surface area contributed by atoms with E-state index in [-0.39, 0.29) is 29.4 Å². The van der Waals surface area contributed by atoms with Crippen molar-refractivity contribution in [3.8, 4) is 0 Å². The molecule has 3 fully saturated rings. The molecule has 0 amide bonds. The van der Waals surface area contributed by atoms with E-state index in [0.29, 0.717) is 11.8 Å².